The fourth-order valence-electron chi connectivity index (χ4n) is 2.06. The monoisotopic (exact) mass is 315 g/mol. The number of aromatic hydroxyl groups is 1. The summed E-state index contributed by atoms with van der Waals surface area (Å²) in [6.45, 7) is 0.302. The van der Waals surface area contributed by atoms with Gasteiger partial charge in [0.15, 0.2) is 0 Å². The quantitative estimate of drug-likeness (QED) is 0.793. The number of hydrogen-bond donors (Lipinski definition) is 1. The molecule has 7 heteroatoms. The Bertz CT molecular complexity index is 939. The van der Waals surface area contributed by atoms with E-state index < -0.39 is 0 Å². The molecular formula is C15H13N3O3S. The molecule has 0 unspecified atom stereocenters. The molecule has 6 nitrogen and oxygen atoms in total. The van der Waals surface area contributed by atoms with Gasteiger partial charge in [-0.1, -0.05) is 12.1 Å². The highest BCUT2D eigenvalue weighted by atomic mass is 32.1. The fraction of sp³-hybridized carbons (Fsp3) is 0.133. The van der Waals surface area contributed by atoms with E-state index in [-0.39, 0.29) is 17.0 Å². The van der Waals surface area contributed by atoms with E-state index in [2.05, 4.69) is 4.98 Å². The van der Waals surface area contributed by atoms with Crippen LogP contribution in [0.15, 0.2) is 52.3 Å². The first-order valence-corrected chi connectivity index (χ1v) is 7.37. The lowest BCUT2D eigenvalue weighted by Gasteiger charge is -2.04. The average Bonchev–Trinajstić information content (AvgIpc) is 2.97. The highest BCUT2D eigenvalue weighted by molar-refractivity contribution is 7.15. The van der Waals surface area contributed by atoms with Gasteiger partial charge in [0.2, 0.25) is 0 Å². The number of phenols is 1. The Labute approximate surface area is 129 Å². The average molecular weight is 315 g/mol. The molecule has 22 heavy (non-hydrogen) atoms. The van der Waals surface area contributed by atoms with Crippen molar-refractivity contribution in [2.24, 2.45) is 7.05 Å². The van der Waals surface area contributed by atoms with Crippen molar-refractivity contribution >= 4 is 11.3 Å². The van der Waals surface area contributed by atoms with Crippen LogP contribution >= 0.6 is 11.3 Å². The molecule has 0 aliphatic heterocycles. The SMILES string of the molecule is Cn1c(=O)ccn(Cc2ncc(-c3cccc(O)c3)s2)c1=O. The lowest BCUT2D eigenvalue weighted by Crippen LogP contribution is -2.37. The number of phenolic OH excluding ortho intramolecular Hbond substituents is 1. The van der Waals surface area contributed by atoms with E-state index in [1.165, 1.54) is 35.2 Å². The van der Waals surface area contributed by atoms with Gasteiger partial charge in [0.1, 0.15) is 10.8 Å². The Balaban J connectivity index is 1.91. The molecule has 0 amide bonds. The van der Waals surface area contributed by atoms with Crippen LogP contribution in [0.25, 0.3) is 10.4 Å². The third kappa shape index (κ3) is 2.71. The molecule has 0 atom stereocenters. The first kappa shape index (κ1) is 14.3. The molecule has 0 fully saturated rings. The predicted octanol–water partition coefficient (Wildman–Crippen LogP) is 1.42. The normalized spacial score (nSPS) is 10.8. The summed E-state index contributed by atoms with van der Waals surface area (Å²) in [5, 5.41) is 10.3. The van der Waals surface area contributed by atoms with Crippen LogP contribution in [0.4, 0.5) is 0 Å². The molecule has 0 saturated heterocycles. The molecule has 3 aromatic rings. The Morgan fingerprint density at radius 3 is 2.86 bits per heavy atom. The van der Waals surface area contributed by atoms with Crippen LogP contribution in [0.5, 0.6) is 5.75 Å². The molecule has 112 valence electrons. The Morgan fingerprint density at radius 2 is 2.09 bits per heavy atom. The molecule has 3 rings (SSSR count). The molecule has 2 heterocycles. The summed E-state index contributed by atoms with van der Waals surface area (Å²) < 4.78 is 2.50. The summed E-state index contributed by atoms with van der Waals surface area (Å²) in [6.07, 6.45) is 3.18. The van der Waals surface area contributed by atoms with Crippen molar-refractivity contribution in [1.29, 1.82) is 0 Å². The zero-order valence-electron chi connectivity index (χ0n) is 11.8. The summed E-state index contributed by atoms with van der Waals surface area (Å²) in [5.74, 6) is 0.196. The first-order valence-electron chi connectivity index (χ1n) is 6.55. The summed E-state index contributed by atoms with van der Waals surface area (Å²) in [7, 11) is 1.45. The van der Waals surface area contributed by atoms with E-state index in [0.29, 0.717) is 6.54 Å². The standard InChI is InChI=1S/C15H13N3O3S/c1-17-14(20)5-6-18(15(17)21)9-13-16-8-12(22-13)10-3-2-4-11(19)7-10/h2-8,19H,9H2,1H3. The van der Waals surface area contributed by atoms with Gasteiger partial charge in [0.25, 0.3) is 5.56 Å². The minimum absolute atomic E-state index is 0.196. The van der Waals surface area contributed by atoms with E-state index in [0.717, 1.165) is 20.0 Å². The smallest absolute Gasteiger partial charge is 0.331 e. The van der Waals surface area contributed by atoms with Gasteiger partial charge in [-0.15, -0.1) is 11.3 Å². The van der Waals surface area contributed by atoms with Gasteiger partial charge in [-0.05, 0) is 17.7 Å². The second-order valence-electron chi connectivity index (χ2n) is 4.79. The van der Waals surface area contributed by atoms with Crippen LogP contribution in [0.3, 0.4) is 0 Å². The Kier molecular flexibility index (Phi) is 3.64. The summed E-state index contributed by atoms with van der Waals surface area (Å²) in [5.41, 5.74) is 0.166. The van der Waals surface area contributed by atoms with E-state index in [1.54, 1.807) is 24.4 Å². The molecule has 2 aromatic heterocycles. The van der Waals surface area contributed by atoms with Gasteiger partial charge in [0.05, 0.1) is 11.4 Å². The van der Waals surface area contributed by atoms with Crippen LogP contribution in [0.1, 0.15) is 5.01 Å². The largest absolute Gasteiger partial charge is 0.508 e. The molecule has 0 bridgehead atoms. The maximum Gasteiger partial charge on any atom is 0.331 e. The molecular weight excluding hydrogens is 302 g/mol. The zero-order chi connectivity index (χ0) is 15.7. The van der Waals surface area contributed by atoms with Crippen molar-refractivity contribution < 1.29 is 5.11 Å². The number of rotatable bonds is 3. The van der Waals surface area contributed by atoms with Gasteiger partial charge in [0, 0.05) is 25.5 Å². The van der Waals surface area contributed by atoms with Crippen LogP contribution in [0.2, 0.25) is 0 Å². The minimum Gasteiger partial charge on any atom is -0.508 e. The second kappa shape index (κ2) is 5.61. The highest BCUT2D eigenvalue weighted by Crippen LogP contribution is 2.28. The Morgan fingerprint density at radius 1 is 1.27 bits per heavy atom. The van der Waals surface area contributed by atoms with Crippen molar-refractivity contribution in [3.05, 3.63) is 68.6 Å². The third-order valence-corrected chi connectivity index (χ3v) is 4.28. The van der Waals surface area contributed by atoms with E-state index in [9.17, 15) is 14.7 Å². The minimum atomic E-state index is -0.374. The van der Waals surface area contributed by atoms with Crippen molar-refractivity contribution in [2.75, 3.05) is 0 Å². The number of thiazole rings is 1. The first-order chi connectivity index (χ1) is 10.5. The lowest BCUT2D eigenvalue weighted by atomic mass is 10.2. The van der Waals surface area contributed by atoms with Crippen molar-refractivity contribution in [3.8, 4) is 16.2 Å². The zero-order valence-corrected chi connectivity index (χ0v) is 12.6. The predicted molar refractivity (Wildman–Crippen MR) is 84.3 cm³/mol. The summed E-state index contributed by atoms with van der Waals surface area (Å²) in [6, 6.07) is 8.27. The Hall–Kier alpha value is -2.67. The maximum absolute atomic E-state index is 12.0. The highest BCUT2D eigenvalue weighted by Gasteiger charge is 2.08. The molecule has 1 aromatic carbocycles. The van der Waals surface area contributed by atoms with E-state index in [4.69, 9.17) is 0 Å². The summed E-state index contributed by atoms with van der Waals surface area (Å²) >= 11 is 1.44. The van der Waals surface area contributed by atoms with Gasteiger partial charge >= 0.3 is 5.69 Å². The third-order valence-electron chi connectivity index (χ3n) is 3.25. The maximum atomic E-state index is 12.0. The fourth-order valence-corrected chi connectivity index (χ4v) is 2.97. The second-order valence-corrected chi connectivity index (χ2v) is 5.91. The molecule has 1 N–H and O–H groups in total. The number of nitrogens with zero attached hydrogens (tertiary/aromatic N) is 3. The number of aromatic nitrogens is 3. The molecule has 0 aliphatic carbocycles. The van der Waals surface area contributed by atoms with Crippen LogP contribution in [-0.4, -0.2) is 19.2 Å². The molecule has 0 saturated carbocycles. The van der Waals surface area contributed by atoms with Crippen molar-refractivity contribution in [3.63, 3.8) is 0 Å². The van der Waals surface area contributed by atoms with Gasteiger partial charge in [-0.3, -0.25) is 13.9 Å². The molecule has 0 aliphatic rings. The van der Waals surface area contributed by atoms with Crippen LogP contribution in [0, 0.1) is 0 Å². The van der Waals surface area contributed by atoms with E-state index in [1.807, 2.05) is 6.07 Å². The van der Waals surface area contributed by atoms with Gasteiger partial charge in [-0.25, -0.2) is 9.78 Å². The van der Waals surface area contributed by atoms with E-state index >= 15 is 0 Å². The van der Waals surface area contributed by atoms with Crippen molar-refractivity contribution in [1.82, 2.24) is 14.1 Å². The lowest BCUT2D eigenvalue weighted by molar-refractivity contribution is 0.475. The topological polar surface area (TPSA) is 77.1 Å². The number of hydrogen-bond acceptors (Lipinski definition) is 5. The molecule has 0 radical (unpaired) electrons. The van der Waals surface area contributed by atoms with Crippen LogP contribution < -0.4 is 11.2 Å². The van der Waals surface area contributed by atoms with Gasteiger partial charge in [-0.2, -0.15) is 0 Å². The van der Waals surface area contributed by atoms with Crippen molar-refractivity contribution in [2.45, 2.75) is 6.54 Å². The number of benzene rings is 1. The van der Waals surface area contributed by atoms with Gasteiger partial charge < -0.3 is 5.11 Å². The molecule has 0 spiro atoms. The van der Waals surface area contributed by atoms with Crippen LogP contribution in [-0.2, 0) is 13.6 Å². The summed E-state index contributed by atoms with van der Waals surface area (Å²) in [4.78, 5) is 28.6.